The summed E-state index contributed by atoms with van der Waals surface area (Å²) in [4.78, 5) is 24.4. The second kappa shape index (κ2) is 7.79. The Kier molecular flexibility index (Phi) is 5.53. The van der Waals surface area contributed by atoms with Crippen LogP contribution in [-0.2, 0) is 14.8 Å². The standard InChI is InChI=1S/C20H21N3O6S/c1-4-11-22-17-10-5-14(12-18(17)29-13-20(2,3)19(22)24)21-30(27,28)16-8-6-15(7-9-16)23(25)26/h4-10,12,21H,1,11,13H2,2-3H3. The van der Waals surface area contributed by atoms with Gasteiger partial charge in [-0.05, 0) is 38.1 Å². The van der Waals surface area contributed by atoms with E-state index in [0.29, 0.717) is 11.4 Å². The zero-order valence-electron chi connectivity index (χ0n) is 16.5. The molecule has 1 N–H and O–H groups in total. The number of nitro benzene ring substituents is 1. The van der Waals surface area contributed by atoms with Gasteiger partial charge in [-0.1, -0.05) is 6.08 Å². The monoisotopic (exact) mass is 431 g/mol. The molecule has 1 heterocycles. The quantitative estimate of drug-likeness (QED) is 0.426. The lowest BCUT2D eigenvalue weighted by molar-refractivity contribution is -0.384. The van der Waals surface area contributed by atoms with Gasteiger partial charge in [-0.3, -0.25) is 19.6 Å². The molecule has 0 unspecified atom stereocenters. The van der Waals surface area contributed by atoms with Gasteiger partial charge in [0.2, 0.25) is 5.91 Å². The van der Waals surface area contributed by atoms with Crippen LogP contribution < -0.4 is 14.4 Å². The molecule has 1 aliphatic heterocycles. The summed E-state index contributed by atoms with van der Waals surface area (Å²) < 4.78 is 33.5. The summed E-state index contributed by atoms with van der Waals surface area (Å²) in [5, 5.41) is 10.8. The van der Waals surface area contributed by atoms with Crippen molar-refractivity contribution in [3.05, 3.63) is 65.2 Å². The summed E-state index contributed by atoms with van der Waals surface area (Å²) in [6, 6.07) is 9.19. The van der Waals surface area contributed by atoms with Gasteiger partial charge >= 0.3 is 0 Å². The van der Waals surface area contributed by atoms with Gasteiger partial charge in [-0.25, -0.2) is 8.42 Å². The van der Waals surface area contributed by atoms with Gasteiger partial charge in [0, 0.05) is 24.7 Å². The summed E-state index contributed by atoms with van der Waals surface area (Å²) in [7, 11) is -3.97. The highest BCUT2D eigenvalue weighted by Crippen LogP contribution is 2.38. The number of ether oxygens (including phenoxy) is 1. The fourth-order valence-corrected chi connectivity index (χ4v) is 4.03. The molecule has 9 nitrogen and oxygen atoms in total. The van der Waals surface area contributed by atoms with E-state index >= 15 is 0 Å². The summed E-state index contributed by atoms with van der Waals surface area (Å²) in [5.74, 6) is 0.236. The van der Waals surface area contributed by atoms with Crippen LogP contribution in [0.4, 0.5) is 17.1 Å². The molecule has 0 aliphatic carbocycles. The van der Waals surface area contributed by atoms with Crippen molar-refractivity contribution in [2.24, 2.45) is 5.41 Å². The molecule has 0 bridgehead atoms. The lowest BCUT2D eigenvalue weighted by atomic mass is 9.93. The van der Waals surface area contributed by atoms with Crippen molar-refractivity contribution in [2.75, 3.05) is 22.8 Å². The number of carbonyl (C=O) groups is 1. The minimum absolute atomic E-state index is 0.117. The second-order valence-electron chi connectivity index (χ2n) is 7.42. The average Bonchev–Trinajstić information content (AvgIpc) is 2.78. The number of nitrogens with one attached hydrogen (secondary N) is 1. The summed E-state index contributed by atoms with van der Waals surface area (Å²) in [5.41, 5.74) is -0.218. The third kappa shape index (κ3) is 4.13. The van der Waals surface area contributed by atoms with Gasteiger partial charge in [-0.15, -0.1) is 6.58 Å². The minimum Gasteiger partial charge on any atom is -0.490 e. The van der Waals surface area contributed by atoms with E-state index in [1.165, 1.54) is 12.1 Å². The number of sulfonamides is 1. The summed E-state index contributed by atoms with van der Waals surface area (Å²) in [6.07, 6.45) is 1.61. The van der Waals surface area contributed by atoms with Crippen molar-refractivity contribution in [1.82, 2.24) is 0 Å². The number of rotatable bonds is 6. The SMILES string of the molecule is C=CCN1C(=O)C(C)(C)COc2cc(NS(=O)(=O)c3ccc([N+](=O)[O-])cc3)ccc21. The molecule has 2 aromatic rings. The molecule has 0 aromatic heterocycles. The summed E-state index contributed by atoms with van der Waals surface area (Å²) in [6.45, 7) is 7.65. The Labute approximate surface area is 174 Å². The first-order chi connectivity index (χ1) is 14.0. The lowest BCUT2D eigenvalue weighted by Crippen LogP contribution is -2.42. The van der Waals surface area contributed by atoms with E-state index in [4.69, 9.17) is 4.74 Å². The fraction of sp³-hybridized carbons (Fsp3) is 0.250. The van der Waals surface area contributed by atoms with Crippen LogP contribution in [0.1, 0.15) is 13.8 Å². The molecule has 30 heavy (non-hydrogen) atoms. The second-order valence-corrected chi connectivity index (χ2v) is 9.10. The van der Waals surface area contributed by atoms with Crippen LogP contribution in [0.5, 0.6) is 5.75 Å². The topological polar surface area (TPSA) is 119 Å². The Morgan fingerprint density at radius 3 is 2.53 bits per heavy atom. The maximum absolute atomic E-state index is 12.8. The minimum atomic E-state index is -3.97. The molecular weight excluding hydrogens is 410 g/mol. The molecule has 0 atom stereocenters. The summed E-state index contributed by atoms with van der Waals surface area (Å²) >= 11 is 0. The van der Waals surface area contributed by atoms with Crippen molar-refractivity contribution in [2.45, 2.75) is 18.7 Å². The van der Waals surface area contributed by atoms with Crippen molar-refractivity contribution >= 4 is 33.0 Å². The maximum atomic E-state index is 12.8. The van der Waals surface area contributed by atoms with Crippen LogP contribution in [0, 0.1) is 15.5 Å². The molecule has 0 fully saturated rings. The molecule has 10 heteroatoms. The molecule has 2 aromatic carbocycles. The van der Waals surface area contributed by atoms with Gasteiger partial charge < -0.3 is 9.64 Å². The van der Waals surface area contributed by atoms with Crippen molar-refractivity contribution in [3.63, 3.8) is 0 Å². The van der Waals surface area contributed by atoms with Crippen LogP contribution >= 0.6 is 0 Å². The molecule has 0 saturated heterocycles. The van der Waals surface area contributed by atoms with E-state index in [9.17, 15) is 23.3 Å². The smallest absolute Gasteiger partial charge is 0.269 e. The van der Waals surface area contributed by atoms with Crippen molar-refractivity contribution in [1.29, 1.82) is 0 Å². The fourth-order valence-electron chi connectivity index (χ4n) is 2.98. The third-order valence-electron chi connectivity index (χ3n) is 4.58. The molecule has 0 saturated carbocycles. The molecular formula is C20H21N3O6S. The molecule has 1 amide bonds. The van der Waals surface area contributed by atoms with Crippen LogP contribution in [0.25, 0.3) is 0 Å². The van der Waals surface area contributed by atoms with Gasteiger partial charge in [-0.2, -0.15) is 0 Å². The lowest BCUT2D eigenvalue weighted by Gasteiger charge is -2.27. The molecule has 0 spiro atoms. The number of hydrogen-bond donors (Lipinski definition) is 1. The zero-order chi connectivity index (χ0) is 22.1. The number of nitro groups is 1. The zero-order valence-corrected chi connectivity index (χ0v) is 17.3. The van der Waals surface area contributed by atoms with E-state index in [1.807, 2.05) is 0 Å². The van der Waals surface area contributed by atoms with Crippen LogP contribution in [0.3, 0.4) is 0 Å². The van der Waals surface area contributed by atoms with Crippen LogP contribution in [0.15, 0.2) is 60.0 Å². The van der Waals surface area contributed by atoms with E-state index in [1.54, 1.807) is 30.9 Å². The first-order valence-corrected chi connectivity index (χ1v) is 10.5. The predicted octanol–water partition coefficient (Wildman–Crippen LogP) is 3.33. The third-order valence-corrected chi connectivity index (χ3v) is 5.98. The van der Waals surface area contributed by atoms with Gasteiger partial charge in [0.25, 0.3) is 15.7 Å². The molecule has 1 aliphatic rings. The number of hydrogen-bond acceptors (Lipinski definition) is 6. The average molecular weight is 431 g/mol. The Balaban J connectivity index is 1.92. The highest BCUT2D eigenvalue weighted by atomic mass is 32.2. The van der Waals surface area contributed by atoms with E-state index in [2.05, 4.69) is 11.3 Å². The maximum Gasteiger partial charge on any atom is 0.269 e. The number of carbonyl (C=O) groups excluding carboxylic acids is 1. The number of benzene rings is 2. The number of nitrogens with zero attached hydrogens (tertiary/aromatic N) is 2. The molecule has 3 rings (SSSR count). The Bertz CT molecular complexity index is 1110. The number of anilines is 2. The van der Waals surface area contributed by atoms with E-state index in [0.717, 1.165) is 24.3 Å². The largest absolute Gasteiger partial charge is 0.490 e. The van der Waals surface area contributed by atoms with Gasteiger partial charge in [0.15, 0.2) is 0 Å². The number of fused-ring (bicyclic) bond motifs is 1. The van der Waals surface area contributed by atoms with Crippen LogP contribution in [-0.4, -0.2) is 32.4 Å². The van der Waals surface area contributed by atoms with Crippen LogP contribution in [0.2, 0.25) is 0 Å². The van der Waals surface area contributed by atoms with Gasteiger partial charge in [0.05, 0.1) is 26.6 Å². The van der Waals surface area contributed by atoms with Crippen molar-refractivity contribution in [3.8, 4) is 5.75 Å². The Morgan fingerprint density at radius 2 is 1.93 bits per heavy atom. The molecule has 158 valence electrons. The van der Waals surface area contributed by atoms with E-state index < -0.39 is 20.4 Å². The highest BCUT2D eigenvalue weighted by Gasteiger charge is 2.37. The number of non-ortho nitro benzene ring substituents is 1. The normalized spacial score (nSPS) is 15.5. The first-order valence-electron chi connectivity index (χ1n) is 9.02. The highest BCUT2D eigenvalue weighted by molar-refractivity contribution is 7.92. The Hall–Kier alpha value is -3.40. The van der Waals surface area contributed by atoms with Gasteiger partial charge in [0.1, 0.15) is 12.4 Å². The number of amides is 1. The Morgan fingerprint density at radius 1 is 1.27 bits per heavy atom. The van der Waals surface area contributed by atoms with Crippen molar-refractivity contribution < 1.29 is 22.9 Å². The predicted molar refractivity (Wildman–Crippen MR) is 112 cm³/mol. The first kappa shape index (κ1) is 21.3. The van der Waals surface area contributed by atoms with E-state index in [-0.39, 0.29) is 35.3 Å². The molecule has 0 radical (unpaired) electrons.